The predicted octanol–water partition coefficient (Wildman–Crippen LogP) is 2.50. The lowest BCUT2D eigenvalue weighted by Gasteiger charge is -2.41. The molecule has 3 unspecified atom stereocenters. The van der Waals surface area contributed by atoms with Gasteiger partial charge < -0.3 is 4.90 Å². The first kappa shape index (κ1) is 17.1. The van der Waals surface area contributed by atoms with Crippen LogP contribution in [0.3, 0.4) is 0 Å². The van der Waals surface area contributed by atoms with E-state index in [0.717, 1.165) is 49.9 Å². The van der Waals surface area contributed by atoms with Gasteiger partial charge in [0.1, 0.15) is 11.3 Å². The van der Waals surface area contributed by atoms with Crippen molar-refractivity contribution in [1.29, 1.82) is 0 Å². The van der Waals surface area contributed by atoms with Crippen LogP contribution in [-0.2, 0) is 0 Å². The van der Waals surface area contributed by atoms with Crippen LogP contribution < -0.4 is 10.2 Å². The zero-order valence-electron chi connectivity index (χ0n) is 15.3. The van der Waals surface area contributed by atoms with Gasteiger partial charge in [0.15, 0.2) is 0 Å². The number of rotatable bonds is 4. The molecule has 2 aliphatic carbocycles. The van der Waals surface area contributed by atoms with E-state index in [1.807, 2.05) is 12.1 Å². The van der Waals surface area contributed by atoms with Crippen LogP contribution in [0.5, 0.6) is 0 Å². The number of aromatic nitrogens is 3. The summed E-state index contributed by atoms with van der Waals surface area (Å²) in [4.78, 5) is 21.8. The lowest BCUT2D eigenvalue weighted by Crippen LogP contribution is -2.52. The van der Waals surface area contributed by atoms with Crippen molar-refractivity contribution in [2.45, 2.75) is 31.7 Å². The smallest absolute Gasteiger partial charge is 0.259 e. The van der Waals surface area contributed by atoms with E-state index in [9.17, 15) is 4.79 Å². The summed E-state index contributed by atoms with van der Waals surface area (Å²) in [6.07, 6.45) is 7.43. The molecule has 8 heteroatoms. The van der Waals surface area contributed by atoms with Gasteiger partial charge >= 0.3 is 0 Å². The van der Waals surface area contributed by atoms with Crippen molar-refractivity contribution in [1.82, 2.24) is 20.1 Å². The number of carbonyl (C=O) groups is 1. The molecule has 2 bridgehead atoms. The minimum absolute atomic E-state index is 0.202. The van der Waals surface area contributed by atoms with Crippen LogP contribution in [0, 0.1) is 11.8 Å². The van der Waals surface area contributed by atoms with Crippen molar-refractivity contribution in [3.05, 3.63) is 29.4 Å². The van der Waals surface area contributed by atoms with Gasteiger partial charge in [-0.15, -0.1) is 10.2 Å². The summed E-state index contributed by atoms with van der Waals surface area (Å²) in [5, 5.41) is 10.8. The van der Waals surface area contributed by atoms with Gasteiger partial charge in [0.25, 0.3) is 5.91 Å². The van der Waals surface area contributed by atoms with E-state index < -0.39 is 0 Å². The SMILES string of the molecule is O=C(Nc1nncs1)c1ccc(N2CCN(C3CC4CCC3C4)CC2)nc1. The first-order chi connectivity index (χ1) is 13.3. The second kappa shape index (κ2) is 7.16. The fourth-order valence-electron chi connectivity index (χ4n) is 5.05. The Labute approximate surface area is 162 Å². The van der Waals surface area contributed by atoms with Gasteiger partial charge in [-0.25, -0.2) is 4.98 Å². The number of carbonyl (C=O) groups excluding carboxylic acids is 1. The van der Waals surface area contributed by atoms with E-state index in [1.54, 1.807) is 11.7 Å². The van der Waals surface area contributed by atoms with E-state index in [1.165, 1.54) is 37.0 Å². The molecule has 3 heterocycles. The van der Waals surface area contributed by atoms with Gasteiger partial charge in [-0.2, -0.15) is 0 Å². The lowest BCUT2D eigenvalue weighted by atomic mass is 9.93. The number of hydrogen-bond donors (Lipinski definition) is 1. The summed E-state index contributed by atoms with van der Waals surface area (Å²) in [6.45, 7) is 4.26. The largest absolute Gasteiger partial charge is 0.354 e. The molecule has 0 radical (unpaired) electrons. The molecule has 3 aliphatic rings. The molecule has 5 rings (SSSR count). The van der Waals surface area contributed by atoms with Crippen LogP contribution in [0.1, 0.15) is 36.0 Å². The van der Waals surface area contributed by atoms with Crippen molar-refractivity contribution in [2.24, 2.45) is 11.8 Å². The van der Waals surface area contributed by atoms with E-state index in [0.29, 0.717) is 10.7 Å². The number of pyridine rings is 1. The van der Waals surface area contributed by atoms with Crippen molar-refractivity contribution < 1.29 is 4.79 Å². The van der Waals surface area contributed by atoms with Crippen LogP contribution >= 0.6 is 11.3 Å². The molecule has 27 heavy (non-hydrogen) atoms. The van der Waals surface area contributed by atoms with Gasteiger partial charge in [-0.05, 0) is 43.2 Å². The Morgan fingerprint density at radius 2 is 2.04 bits per heavy atom. The molecule has 2 aromatic rings. The quantitative estimate of drug-likeness (QED) is 0.873. The highest BCUT2D eigenvalue weighted by atomic mass is 32.1. The Morgan fingerprint density at radius 3 is 2.67 bits per heavy atom. The first-order valence-electron chi connectivity index (χ1n) is 9.79. The molecule has 0 aromatic carbocycles. The van der Waals surface area contributed by atoms with Crippen LogP contribution in [0.2, 0.25) is 0 Å². The third-order valence-electron chi connectivity index (χ3n) is 6.40. The maximum Gasteiger partial charge on any atom is 0.259 e. The highest BCUT2D eigenvalue weighted by Gasteiger charge is 2.42. The first-order valence-corrected chi connectivity index (χ1v) is 10.7. The predicted molar refractivity (Wildman–Crippen MR) is 105 cm³/mol. The zero-order valence-corrected chi connectivity index (χ0v) is 16.1. The average molecular weight is 385 g/mol. The lowest BCUT2D eigenvalue weighted by molar-refractivity contribution is 0.102. The normalized spacial score (nSPS) is 27.9. The van der Waals surface area contributed by atoms with Crippen LogP contribution in [0.15, 0.2) is 23.8 Å². The highest BCUT2D eigenvalue weighted by molar-refractivity contribution is 7.13. The fourth-order valence-corrected chi connectivity index (χ4v) is 5.49. The molecule has 0 spiro atoms. The van der Waals surface area contributed by atoms with E-state index in [2.05, 4.69) is 30.3 Å². The number of amides is 1. The Hall–Kier alpha value is -2.06. The molecule has 3 fully saturated rings. The Bertz CT molecular complexity index is 787. The van der Waals surface area contributed by atoms with Gasteiger partial charge in [0.2, 0.25) is 5.13 Å². The Kier molecular flexibility index (Phi) is 4.53. The summed E-state index contributed by atoms with van der Waals surface area (Å²) in [7, 11) is 0. The van der Waals surface area contributed by atoms with E-state index in [-0.39, 0.29) is 5.91 Å². The van der Waals surface area contributed by atoms with Gasteiger partial charge in [-0.3, -0.25) is 15.0 Å². The van der Waals surface area contributed by atoms with Gasteiger partial charge in [0.05, 0.1) is 5.56 Å². The average Bonchev–Trinajstić information content (AvgIpc) is 3.47. The number of fused-ring (bicyclic) bond motifs is 2. The van der Waals surface area contributed by atoms with Gasteiger partial charge in [0, 0.05) is 38.4 Å². The van der Waals surface area contributed by atoms with E-state index >= 15 is 0 Å². The van der Waals surface area contributed by atoms with Crippen molar-refractivity contribution in [3.8, 4) is 0 Å². The molecule has 1 amide bonds. The zero-order chi connectivity index (χ0) is 18.2. The Balaban J connectivity index is 1.17. The van der Waals surface area contributed by atoms with E-state index in [4.69, 9.17) is 0 Å². The maximum atomic E-state index is 12.2. The van der Waals surface area contributed by atoms with Crippen molar-refractivity contribution in [2.75, 3.05) is 36.4 Å². The second-order valence-electron chi connectivity index (χ2n) is 7.87. The number of hydrogen-bond acceptors (Lipinski definition) is 7. The number of nitrogens with zero attached hydrogens (tertiary/aromatic N) is 5. The topological polar surface area (TPSA) is 74.2 Å². The summed E-state index contributed by atoms with van der Waals surface area (Å²) in [6, 6.07) is 4.61. The van der Waals surface area contributed by atoms with Crippen LogP contribution in [0.4, 0.5) is 10.9 Å². The molecule has 1 N–H and O–H groups in total. The third kappa shape index (κ3) is 3.43. The van der Waals surface area contributed by atoms with Crippen LogP contribution in [0.25, 0.3) is 0 Å². The third-order valence-corrected chi connectivity index (χ3v) is 7.01. The second-order valence-corrected chi connectivity index (χ2v) is 8.70. The molecule has 7 nitrogen and oxygen atoms in total. The summed E-state index contributed by atoms with van der Waals surface area (Å²) < 4.78 is 0. The fraction of sp³-hybridized carbons (Fsp3) is 0.579. The number of piperazine rings is 1. The molecule has 2 saturated carbocycles. The van der Waals surface area contributed by atoms with Crippen LogP contribution in [-0.4, -0.2) is 58.2 Å². The molecule has 142 valence electrons. The molecule has 3 atom stereocenters. The number of anilines is 2. The van der Waals surface area contributed by atoms with Crippen molar-refractivity contribution >= 4 is 28.2 Å². The van der Waals surface area contributed by atoms with Crippen molar-refractivity contribution in [3.63, 3.8) is 0 Å². The summed E-state index contributed by atoms with van der Waals surface area (Å²) in [5.41, 5.74) is 2.13. The monoisotopic (exact) mass is 384 g/mol. The van der Waals surface area contributed by atoms with Gasteiger partial charge in [-0.1, -0.05) is 17.8 Å². The molecule has 2 aromatic heterocycles. The minimum Gasteiger partial charge on any atom is -0.354 e. The number of nitrogens with one attached hydrogen (secondary N) is 1. The highest BCUT2D eigenvalue weighted by Crippen LogP contribution is 2.46. The molecule has 1 saturated heterocycles. The molecule has 1 aliphatic heterocycles. The minimum atomic E-state index is -0.202. The molecular formula is C19H24N6OS. The maximum absolute atomic E-state index is 12.2. The summed E-state index contributed by atoms with van der Waals surface area (Å²) >= 11 is 1.30. The standard InChI is InChI=1S/C19H24N6OS/c26-18(22-19-23-21-12-27-19)15-3-4-17(20-11-15)25-7-5-24(6-8-25)16-10-13-1-2-14(16)9-13/h3-4,11-14,16H,1-2,5-10H2,(H,22,23,26). The summed E-state index contributed by atoms with van der Waals surface area (Å²) in [5.74, 6) is 2.70. The molecular weight excluding hydrogens is 360 g/mol. The Morgan fingerprint density at radius 1 is 1.15 bits per heavy atom.